The monoisotopic (exact) mass is 427 g/mol. The molecular formula is C23H20F3N3O2. The van der Waals surface area contributed by atoms with Crippen molar-refractivity contribution in [3.8, 4) is 0 Å². The standard InChI is InChI=1S/C23H20F3N3O2/c24-23(25,26)18-7-4-8-20(13-18)29-21(30)15-27-19-11-9-17(10-12-19)22(31)28-14-16-5-2-1-3-6-16/h1-13,27H,14-15H2,(H,28,31)(H,29,30). The van der Waals surface area contributed by atoms with Crippen molar-refractivity contribution in [1.29, 1.82) is 0 Å². The Morgan fingerprint density at radius 3 is 2.19 bits per heavy atom. The first kappa shape index (κ1) is 21.9. The zero-order valence-corrected chi connectivity index (χ0v) is 16.4. The van der Waals surface area contributed by atoms with E-state index in [9.17, 15) is 22.8 Å². The van der Waals surface area contributed by atoms with Gasteiger partial charge in [0.05, 0.1) is 12.1 Å². The van der Waals surface area contributed by atoms with Crippen molar-refractivity contribution >= 4 is 23.2 Å². The Kier molecular flexibility index (Phi) is 6.92. The molecule has 0 unspecified atom stereocenters. The number of hydrogen-bond acceptors (Lipinski definition) is 3. The van der Waals surface area contributed by atoms with E-state index in [1.165, 1.54) is 12.1 Å². The quantitative estimate of drug-likeness (QED) is 0.513. The smallest absolute Gasteiger partial charge is 0.376 e. The molecule has 0 saturated carbocycles. The van der Waals surface area contributed by atoms with E-state index in [1.807, 2.05) is 30.3 Å². The van der Waals surface area contributed by atoms with Crippen LogP contribution in [-0.2, 0) is 17.5 Å². The van der Waals surface area contributed by atoms with E-state index in [1.54, 1.807) is 24.3 Å². The highest BCUT2D eigenvalue weighted by Gasteiger charge is 2.30. The molecule has 0 atom stereocenters. The molecule has 0 aliphatic carbocycles. The van der Waals surface area contributed by atoms with Crippen LogP contribution in [-0.4, -0.2) is 18.4 Å². The van der Waals surface area contributed by atoms with E-state index in [0.29, 0.717) is 17.8 Å². The van der Waals surface area contributed by atoms with Gasteiger partial charge >= 0.3 is 6.18 Å². The first-order chi connectivity index (χ1) is 14.8. The summed E-state index contributed by atoms with van der Waals surface area (Å²) in [5, 5.41) is 8.11. The maximum Gasteiger partial charge on any atom is 0.416 e. The van der Waals surface area contributed by atoms with Crippen LogP contribution in [0.25, 0.3) is 0 Å². The normalized spacial score (nSPS) is 10.9. The van der Waals surface area contributed by atoms with Gasteiger partial charge in [-0.3, -0.25) is 9.59 Å². The lowest BCUT2D eigenvalue weighted by Crippen LogP contribution is -2.23. The summed E-state index contributed by atoms with van der Waals surface area (Å²) in [5.74, 6) is -0.721. The van der Waals surface area contributed by atoms with Crippen molar-refractivity contribution < 1.29 is 22.8 Å². The molecule has 3 aromatic rings. The minimum absolute atomic E-state index is 0.0621. The van der Waals surface area contributed by atoms with E-state index >= 15 is 0 Å². The maximum atomic E-state index is 12.7. The molecule has 2 amide bonds. The van der Waals surface area contributed by atoms with Gasteiger partial charge in [-0.25, -0.2) is 0 Å². The van der Waals surface area contributed by atoms with E-state index in [4.69, 9.17) is 0 Å². The molecule has 0 aromatic heterocycles. The van der Waals surface area contributed by atoms with Gasteiger partial charge in [0.1, 0.15) is 0 Å². The molecule has 160 valence electrons. The van der Waals surface area contributed by atoms with E-state index < -0.39 is 17.6 Å². The second-order valence-electron chi connectivity index (χ2n) is 6.73. The average molecular weight is 427 g/mol. The zero-order chi connectivity index (χ0) is 22.3. The van der Waals surface area contributed by atoms with Crippen LogP contribution in [0.3, 0.4) is 0 Å². The highest BCUT2D eigenvalue weighted by molar-refractivity contribution is 5.95. The number of benzene rings is 3. The second kappa shape index (κ2) is 9.80. The minimum atomic E-state index is -4.48. The Morgan fingerprint density at radius 2 is 1.52 bits per heavy atom. The van der Waals surface area contributed by atoms with Crippen molar-refractivity contribution in [3.63, 3.8) is 0 Å². The Hall–Kier alpha value is -3.81. The predicted molar refractivity (Wildman–Crippen MR) is 113 cm³/mol. The second-order valence-corrected chi connectivity index (χ2v) is 6.73. The first-order valence-corrected chi connectivity index (χ1v) is 9.44. The molecule has 3 N–H and O–H groups in total. The van der Waals surface area contributed by atoms with Crippen molar-refractivity contribution in [1.82, 2.24) is 5.32 Å². The number of alkyl halides is 3. The van der Waals surface area contributed by atoms with Gasteiger partial charge in [0, 0.05) is 23.5 Å². The summed E-state index contributed by atoms with van der Waals surface area (Å²) in [5.41, 5.74) is 1.28. The third-order valence-electron chi connectivity index (χ3n) is 4.37. The third-order valence-corrected chi connectivity index (χ3v) is 4.37. The van der Waals surface area contributed by atoms with Crippen molar-refractivity contribution in [2.45, 2.75) is 12.7 Å². The number of anilines is 2. The number of rotatable bonds is 7. The van der Waals surface area contributed by atoms with E-state index in [2.05, 4.69) is 16.0 Å². The van der Waals surface area contributed by atoms with Crippen molar-refractivity contribution in [2.75, 3.05) is 17.2 Å². The fourth-order valence-corrected chi connectivity index (χ4v) is 2.78. The molecule has 0 aliphatic heterocycles. The van der Waals surface area contributed by atoms with Gasteiger partial charge in [-0.05, 0) is 48.0 Å². The van der Waals surface area contributed by atoms with Gasteiger partial charge in [0.2, 0.25) is 5.91 Å². The molecule has 0 fully saturated rings. The molecule has 0 aliphatic rings. The number of hydrogen-bond donors (Lipinski definition) is 3. The fraction of sp³-hybridized carbons (Fsp3) is 0.130. The van der Waals surface area contributed by atoms with Gasteiger partial charge < -0.3 is 16.0 Å². The third kappa shape index (κ3) is 6.60. The van der Waals surface area contributed by atoms with Crippen LogP contribution in [0.15, 0.2) is 78.9 Å². The Bertz CT molecular complexity index is 1040. The van der Waals surface area contributed by atoms with Gasteiger partial charge in [-0.15, -0.1) is 0 Å². The van der Waals surface area contributed by atoms with Crippen LogP contribution < -0.4 is 16.0 Å². The molecule has 8 heteroatoms. The lowest BCUT2D eigenvalue weighted by atomic mass is 10.1. The molecular weight excluding hydrogens is 407 g/mol. The minimum Gasteiger partial charge on any atom is -0.376 e. The van der Waals surface area contributed by atoms with Crippen molar-refractivity contribution in [3.05, 3.63) is 95.6 Å². The van der Waals surface area contributed by atoms with Gasteiger partial charge in [-0.1, -0.05) is 36.4 Å². The topological polar surface area (TPSA) is 70.2 Å². The summed E-state index contributed by atoms with van der Waals surface area (Å²) in [6.07, 6.45) is -4.48. The molecule has 0 heterocycles. The molecule has 3 aromatic carbocycles. The molecule has 3 rings (SSSR count). The van der Waals surface area contributed by atoms with Crippen LogP contribution in [0.5, 0.6) is 0 Å². The number of amides is 2. The lowest BCUT2D eigenvalue weighted by Gasteiger charge is -2.11. The molecule has 5 nitrogen and oxygen atoms in total. The van der Waals surface area contributed by atoms with Crippen LogP contribution in [0, 0.1) is 0 Å². The van der Waals surface area contributed by atoms with E-state index in [-0.39, 0.29) is 18.1 Å². The Morgan fingerprint density at radius 1 is 0.806 bits per heavy atom. The number of carbonyl (C=O) groups excluding carboxylic acids is 2. The SMILES string of the molecule is O=C(CNc1ccc(C(=O)NCc2ccccc2)cc1)Nc1cccc(C(F)(F)F)c1. The molecule has 31 heavy (non-hydrogen) atoms. The summed E-state index contributed by atoms with van der Waals surface area (Å²) in [4.78, 5) is 24.2. The zero-order valence-electron chi connectivity index (χ0n) is 16.4. The van der Waals surface area contributed by atoms with Crippen LogP contribution >= 0.6 is 0 Å². The lowest BCUT2D eigenvalue weighted by molar-refractivity contribution is -0.137. The van der Waals surface area contributed by atoms with Crippen LogP contribution in [0.2, 0.25) is 0 Å². The summed E-state index contributed by atoms with van der Waals surface area (Å²) in [7, 11) is 0. The van der Waals surface area contributed by atoms with Gasteiger partial charge in [0.25, 0.3) is 5.91 Å². The highest BCUT2D eigenvalue weighted by Crippen LogP contribution is 2.30. The summed E-state index contributed by atoms with van der Waals surface area (Å²) in [6.45, 7) is 0.269. The van der Waals surface area contributed by atoms with Crippen LogP contribution in [0.1, 0.15) is 21.5 Å². The Balaban J connectivity index is 1.48. The number of nitrogens with one attached hydrogen (secondary N) is 3. The summed E-state index contributed by atoms with van der Waals surface area (Å²) < 4.78 is 38.2. The van der Waals surface area contributed by atoms with Crippen molar-refractivity contribution in [2.24, 2.45) is 0 Å². The molecule has 0 radical (unpaired) electrons. The average Bonchev–Trinajstić information content (AvgIpc) is 2.77. The van der Waals surface area contributed by atoms with Gasteiger partial charge in [0.15, 0.2) is 0 Å². The van der Waals surface area contributed by atoms with Gasteiger partial charge in [-0.2, -0.15) is 13.2 Å². The highest BCUT2D eigenvalue weighted by atomic mass is 19.4. The first-order valence-electron chi connectivity index (χ1n) is 9.44. The predicted octanol–water partition coefficient (Wildman–Crippen LogP) is 4.69. The molecule has 0 bridgehead atoms. The number of halogens is 3. The van der Waals surface area contributed by atoms with Crippen LogP contribution in [0.4, 0.5) is 24.5 Å². The fourth-order valence-electron chi connectivity index (χ4n) is 2.78. The molecule has 0 spiro atoms. The molecule has 0 saturated heterocycles. The number of carbonyl (C=O) groups is 2. The Labute approximate surface area is 177 Å². The largest absolute Gasteiger partial charge is 0.416 e. The summed E-state index contributed by atoms with van der Waals surface area (Å²) >= 11 is 0. The van der Waals surface area contributed by atoms with E-state index in [0.717, 1.165) is 17.7 Å². The maximum absolute atomic E-state index is 12.7. The summed E-state index contributed by atoms with van der Waals surface area (Å²) in [6, 6.07) is 20.5.